The van der Waals surface area contributed by atoms with Gasteiger partial charge < -0.3 is 27.1 Å². The van der Waals surface area contributed by atoms with Crippen molar-refractivity contribution < 1.29 is 0 Å². The molecule has 37 heavy (non-hydrogen) atoms. The van der Waals surface area contributed by atoms with E-state index in [1.54, 1.807) is 0 Å². The Morgan fingerprint density at radius 3 is 2.41 bits per heavy atom. The Hall–Kier alpha value is -3.72. The molecule has 192 valence electrons. The van der Waals surface area contributed by atoms with Crippen molar-refractivity contribution in [3.05, 3.63) is 54.0 Å². The maximum atomic E-state index is 6.22. The van der Waals surface area contributed by atoms with Gasteiger partial charge in [0.2, 0.25) is 5.95 Å². The quantitative estimate of drug-likeness (QED) is 0.279. The van der Waals surface area contributed by atoms with Crippen LogP contribution in [0.25, 0.3) is 22.4 Å². The summed E-state index contributed by atoms with van der Waals surface area (Å²) in [6, 6.07) is 12.5. The average Bonchev–Trinajstić information content (AvgIpc) is 3.56. The van der Waals surface area contributed by atoms with Gasteiger partial charge in [-0.1, -0.05) is 37.1 Å². The molecule has 3 aromatic heterocycles. The van der Waals surface area contributed by atoms with Gasteiger partial charge in [0.25, 0.3) is 0 Å². The van der Waals surface area contributed by atoms with Crippen molar-refractivity contribution in [2.45, 2.75) is 75.9 Å². The molecule has 4 aromatic rings. The number of nitrogens with one attached hydrogen (secondary N) is 1. The number of imidazole rings is 1. The van der Waals surface area contributed by atoms with Crippen LogP contribution in [-0.4, -0.2) is 30.5 Å². The summed E-state index contributed by atoms with van der Waals surface area (Å²) < 4.78 is 2.38. The molecule has 2 fully saturated rings. The molecule has 6 rings (SSSR count). The lowest BCUT2D eigenvalue weighted by molar-refractivity contribution is 0.367. The summed E-state index contributed by atoms with van der Waals surface area (Å²) in [5, 5.41) is 3.46. The van der Waals surface area contributed by atoms with Crippen LogP contribution in [0.2, 0.25) is 0 Å². The van der Waals surface area contributed by atoms with Gasteiger partial charge in [-0.05, 0) is 56.2 Å². The number of nitrogen functional groups attached to an aromatic ring is 2. The third-order valence-electron chi connectivity index (χ3n) is 7.93. The van der Waals surface area contributed by atoms with E-state index in [4.69, 9.17) is 27.2 Å². The van der Waals surface area contributed by atoms with Gasteiger partial charge >= 0.3 is 0 Å². The van der Waals surface area contributed by atoms with Crippen LogP contribution >= 0.6 is 0 Å². The van der Waals surface area contributed by atoms with E-state index in [-0.39, 0.29) is 5.95 Å². The van der Waals surface area contributed by atoms with Crippen LogP contribution in [-0.2, 0) is 6.54 Å². The molecule has 0 radical (unpaired) electrons. The van der Waals surface area contributed by atoms with Crippen LogP contribution in [0.5, 0.6) is 0 Å². The van der Waals surface area contributed by atoms with Crippen LogP contribution in [0.3, 0.4) is 0 Å². The Bertz CT molecular complexity index is 1380. The number of fused-ring (bicyclic) bond motifs is 1. The van der Waals surface area contributed by atoms with E-state index in [2.05, 4.69) is 25.9 Å². The molecule has 2 aliphatic rings. The molecule has 7 N–H and O–H groups in total. The van der Waals surface area contributed by atoms with Gasteiger partial charge in [0, 0.05) is 42.0 Å². The number of pyridine rings is 1. The van der Waals surface area contributed by atoms with Gasteiger partial charge in [-0.2, -0.15) is 9.97 Å². The molecule has 9 heteroatoms. The number of rotatable bonds is 6. The summed E-state index contributed by atoms with van der Waals surface area (Å²) in [6.45, 7) is 0.549. The van der Waals surface area contributed by atoms with Gasteiger partial charge in [-0.15, -0.1) is 0 Å². The molecule has 2 aliphatic carbocycles. The maximum absolute atomic E-state index is 6.22. The first-order chi connectivity index (χ1) is 18.1. The predicted octanol–water partition coefficient (Wildman–Crippen LogP) is 4.76. The largest absolute Gasteiger partial charge is 0.398 e. The molecule has 1 aromatic carbocycles. The van der Waals surface area contributed by atoms with Crippen LogP contribution < -0.4 is 22.5 Å². The van der Waals surface area contributed by atoms with Crippen molar-refractivity contribution in [3.63, 3.8) is 0 Å². The fraction of sp³-hybridized carbons (Fsp3) is 0.429. The van der Waals surface area contributed by atoms with Crippen molar-refractivity contribution in [1.29, 1.82) is 0 Å². The van der Waals surface area contributed by atoms with Crippen molar-refractivity contribution in [2.75, 3.05) is 16.8 Å². The number of hydrogen-bond donors (Lipinski definition) is 4. The van der Waals surface area contributed by atoms with Gasteiger partial charge in [0.15, 0.2) is 17.0 Å². The highest BCUT2D eigenvalue weighted by Crippen LogP contribution is 2.40. The normalized spacial score (nSPS) is 20.5. The zero-order valence-corrected chi connectivity index (χ0v) is 21.1. The third-order valence-corrected chi connectivity index (χ3v) is 7.93. The van der Waals surface area contributed by atoms with Gasteiger partial charge in [0.05, 0.1) is 5.69 Å². The van der Waals surface area contributed by atoms with E-state index in [9.17, 15) is 0 Å². The SMILES string of the molecule is Nc1nc(NCc2ccc(-c3ccccc3N)nc2)c2nc(C3CCC(N)CC3)n(C3CCCC3)c2n1. The molecule has 9 nitrogen and oxygen atoms in total. The van der Waals surface area contributed by atoms with Crippen LogP contribution in [0.4, 0.5) is 17.5 Å². The minimum absolute atomic E-state index is 0.263. The Morgan fingerprint density at radius 2 is 1.68 bits per heavy atom. The van der Waals surface area contributed by atoms with Crippen LogP contribution in [0.15, 0.2) is 42.6 Å². The van der Waals surface area contributed by atoms with E-state index in [1.807, 2.05) is 36.5 Å². The molecule has 0 bridgehead atoms. The fourth-order valence-electron chi connectivity index (χ4n) is 5.92. The molecule has 0 saturated heterocycles. The lowest BCUT2D eigenvalue weighted by atomic mass is 9.86. The van der Waals surface area contributed by atoms with E-state index in [0.29, 0.717) is 36.1 Å². The predicted molar refractivity (Wildman–Crippen MR) is 148 cm³/mol. The minimum atomic E-state index is 0.263. The maximum Gasteiger partial charge on any atom is 0.224 e. The molecule has 0 aliphatic heterocycles. The number of benzene rings is 1. The Kier molecular flexibility index (Phi) is 6.38. The number of anilines is 3. The zero-order valence-electron chi connectivity index (χ0n) is 21.1. The average molecular weight is 498 g/mol. The summed E-state index contributed by atoms with van der Waals surface area (Å²) in [5.74, 6) is 2.46. The third kappa shape index (κ3) is 4.71. The topological polar surface area (TPSA) is 147 Å². The van der Waals surface area contributed by atoms with E-state index >= 15 is 0 Å². The second kappa shape index (κ2) is 9.97. The molecule has 3 heterocycles. The second-order valence-electron chi connectivity index (χ2n) is 10.5. The van der Waals surface area contributed by atoms with E-state index < -0.39 is 0 Å². The molecular formula is C28H35N9. The number of aromatic nitrogens is 5. The number of hydrogen-bond acceptors (Lipinski definition) is 8. The smallest absolute Gasteiger partial charge is 0.224 e. The van der Waals surface area contributed by atoms with E-state index in [1.165, 1.54) is 12.8 Å². The number of para-hydroxylation sites is 1. The molecule has 0 amide bonds. The second-order valence-corrected chi connectivity index (χ2v) is 10.5. The lowest BCUT2D eigenvalue weighted by Crippen LogP contribution is -2.27. The number of nitrogens with two attached hydrogens (primary N) is 3. The molecule has 0 unspecified atom stereocenters. The Morgan fingerprint density at radius 1 is 0.892 bits per heavy atom. The Labute approximate surface area is 216 Å². The standard InChI is InChI=1S/C28H35N9/c29-19-12-10-18(11-13-19)26-34-24-25(35-28(31)36-27(24)37(26)20-5-1-2-6-20)33-16-17-9-14-23(32-15-17)21-7-3-4-8-22(21)30/h3-4,7-9,14-15,18-20H,1-2,5-6,10-13,16,29-30H2,(H3,31,33,35,36). The molecule has 0 spiro atoms. The van der Waals surface area contributed by atoms with Crippen molar-refractivity contribution in [1.82, 2.24) is 24.5 Å². The monoisotopic (exact) mass is 497 g/mol. The van der Waals surface area contributed by atoms with Crippen molar-refractivity contribution in [3.8, 4) is 11.3 Å². The number of nitrogens with zero attached hydrogens (tertiary/aromatic N) is 5. The molecular weight excluding hydrogens is 462 g/mol. The van der Waals surface area contributed by atoms with Gasteiger partial charge in [-0.25, -0.2) is 4.98 Å². The van der Waals surface area contributed by atoms with Crippen LogP contribution in [0.1, 0.15) is 74.7 Å². The summed E-state index contributed by atoms with van der Waals surface area (Å²) >= 11 is 0. The highest BCUT2D eigenvalue weighted by atomic mass is 15.2. The first kappa shape index (κ1) is 23.7. The summed E-state index contributed by atoms with van der Waals surface area (Å²) in [7, 11) is 0. The summed E-state index contributed by atoms with van der Waals surface area (Å²) in [5.41, 5.74) is 23.7. The minimum Gasteiger partial charge on any atom is -0.398 e. The fourth-order valence-corrected chi connectivity index (χ4v) is 5.92. The van der Waals surface area contributed by atoms with Gasteiger partial charge in [0.1, 0.15) is 5.82 Å². The Balaban J connectivity index is 1.30. The highest BCUT2D eigenvalue weighted by Gasteiger charge is 2.31. The van der Waals surface area contributed by atoms with E-state index in [0.717, 1.165) is 72.3 Å². The first-order valence-corrected chi connectivity index (χ1v) is 13.4. The van der Waals surface area contributed by atoms with Crippen LogP contribution in [0, 0.1) is 0 Å². The van der Waals surface area contributed by atoms with Crippen molar-refractivity contribution >= 4 is 28.6 Å². The summed E-state index contributed by atoms with van der Waals surface area (Å²) in [4.78, 5) is 19.1. The molecule has 0 atom stereocenters. The summed E-state index contributed by atoms with van der Waals surface area (Å²) in [6.07, 6.45) is 10.8. The first-order valence-electron chi connectivity index (χ1n) is 13.4. The van der Waals surface area contributed by atoms with Gasteiger partial charge in [-0.3, -0.25) is 4.98 Å². The zero-order chi connectivity index (χ0) is 25.4. The van der Waals surface area contributed by atoms with Crippen molar-refractivity contribution in [2.24, 2.45) is 5.73 Å². The highest BCUT2D eigenvalue weighted by molar-refractivity contribution is 5.85. The lowest BCUT2D eigenvalue weighted by Gasteiger charge is -2.27. The molecule has 2 saturated carbocycles.